The number of hydrogen-bond donors (Lipinski definition) is 1. The smallest absolute Gasteiger partial charge is 0.332 e. The van der Waals surface area contributed by atoms with Crippen molar-refractivity contribution in [3.05, 3.63) is 29.8 Å². The number of nitrogens with one attached hydrogen (secondary N) is 1. The number of methoxy groups -OCH3 is 1. The van der Waals surface area contributed by atoms with Crippen LogP contribution in [-0.4, -0.2) is 39.4 Å². The Bertz CT molecular complexity index is 409. The summed E-state index contributed by atoms with van der Waals surface area (Å²) in [6.45, 7) is 5.36. The molecule has 1 N–H and O–H groups in total. The number of ether oxygens (including phenoxy) is 3. The van der Waals surface area contributed by atoms with Crippen molar-refractivity contribution in [1.82, 2.24) is 5.32 Å². The minimum Gasteiger partial charge on any atom is -0.497 e. The summed E-state index contributed by atoms with van der Waals surface area (Å²) in [6, 6.07) is 8.11. The minimum atomic E-state index is -0.326. The van der Waals surface area contributed by atoms with Gasteiger partial charge in [-0.25, -0.2) is 4.79 Å². The van der Waals surface area contributed by atoms with E-state index >= 15 is 0 Å². The second-order valence-electron chi connectivity index (χ2n) is 4.31. The Hall–Kier alpha value is -1.59. The lowest BCUT2D eigenvalue weighted by molar-refractivity contribution is -0.148. The second-order valence-corrected chi connectivity index (χ2v) is 4.31. The van der Waals surface area contributed by atoms with E-state index in [1.54, 1.807) is 14.0 Å². The largest absolute Gasteiger partial charge is 0.497 e. The molecule has 1 aromatic carbocycles. The lowest BCUT2D eigenvalue weighted by Crippen LogP contribution is -2.24. The summed E-state index contributed by atoms with van der Waals surface area (Å²) in [6.07, 6.45) is 0. The first-order chi connectivity index (χ1) is 9.67. The Morgan fingerprint density at radius 1 is 1.40 bits per heavy atom. The molecular weight excluding hydrogens is 258 g/mol. The van der Waals surface area contributed by atoms with Gasteiger partial charge >= 0.3 is 5.97 Å². The summed E-state index contributed by atoms with van der Waals surface area (Å²) in [5, 5.41) is 3.32. The average Bonchev–Trinajstić information content (AvgIpc) is 2.47. The number of rotatable bonds is 9. The zero-order chi connectivity index (χ0) is 14.8. The van der Waals surface area contributed by atoms with Crippen LogP contribution in [-0.2, 0) is 14.3 Å². The Balaban J connectivity index is 2.22. The van der Waals surface area contributed by atoms with Gasteiger partial charge < -0.3 is 19.5 Å². The lowest BCUT2D eigenvalue weighted by atomic mass is 10.1. The molecule has 20 heavy (non-hydrogen) atoms. The maximum absolute atomic E-state index is 11.1. The van der Waals surface area contributed by atoms with Gasteiger partial charge in [-0.15, -0.1) is 0 Å². The van der Waals surface area contributed by atoms with Crippen LogP contribution in [0.15, 0.2) is 24.3 Å². The summed E-state index contributed by atoms with van der Waals surface area (Å²) >= 11 is 0. The number of benzene rings is 1. The Morgan fingerprint density at radius 2 is 2.20 bits per heavy atom. The molecule has 0 saturated heterocycles. The van der Waals surface area contributed by atoms with E-state index in [0.717, 1.165) is 11.3 Å². The van der Waals surface area contributed by atoms with Gasteiger partial charge in [0.05, 0.1) is 20.3 Å². The Labute approximate surface area is 120 Å². The van der Waals surface area contributed by atoms with Crippen molar-refractivity contribution in [3.63, 3.8) is 0 Å². The van der Waals surface area contributed by atoms with Gasteiger partial charge in [-0.1, -0.05) is 12.1 Å². The molecule has 0 aliphatic heterocycles. The highest BCUT2D eigenvalue weighted by molar-refractivity contribution is 5.70. The highest BCUT2D eigenvalue weighted by Gasteiger charge is 2.06. The normalized spacial score (nSPS) is 11.9. The minimum absolute atomic E-state index is 0.00304. The molecule has 0 bridgehead atoms. The van der Waals surface area contributed by atoms with Crippen LogP contribution in [0.4, 0.5) is 0 Å². The van der Waals surface area contributed by atoms with Crippen molar-refractivity contribution in [2.75, 3.05) is 33.5 Å². The average molecular weight is 281 g/mol. The first kappa shape index (κ1) is 16.5. The van der Waals surface area contributed by atoms with Crippen molar-refractivity contribution >= 4 is 5.97 Å². The molecule has 0 spiro atoms. The van der Waals surface area contributed by atoms with E-state index in [9.17, 15) is 4.79 Å². The molecule has 0 aromatic heterocycles. The first-order valence-electron chi connectivity index (χ1n) is 6.78. The van der Waals surface area contributed by atoms with Crippen molar-refractivity contribution in [3.8, 4) is 5.75 Å². The maximum Gasteiger partial charge on any atom is 0.332 e. The second kappa shape index (κ2) is 9.34. The summed E-state index contributed by atoms with van der Waals surface area (Å²) < 4.78 is 15.2. The number of hydrogen-bond acceptors (Lipinski definition) is 5. The topological polar surface area (TPSA) is 56.8 Å². The Morgan fingerprint density at radius 3 is 2.90 bits per heavy atom. The van der Waals surface area contributed by atoms with E-state index in [0.29, 0.717) is 19.8 Å². The molecule has 1 aromatic rings. The van der Waals surface area contributed by atoms with Crippen LogP contribution in [0.25, 0.3) is 0 Å². The number of esters is 1. The molecule has 0 unspecified atom stereocenters. The molecule has 0 aliphatic rings. The van der Waals surface area contributed by atoms with Crippen molar-refractivity contribution < 1.29 is 19.0 Å². The highest BCUT2D eigenvalue weighted by atomic mass is 16.6. The van der Waals surface area contributed by atoms with Crippen LogP contribution in [0.3, 0.4) is 0 Å². The zero-order valence-electron chi connectivity index (χ0n) is 12.3. The molecule has 0 heterocycles. The molecule has 0 saturated carbocycles. The lowest BCUT2D eigenvalue weighted by Gasteiger charge is -2.15. The molecule has 5 nitrogen and oxygen atoms in total. The van der Waals surface area contributed by atoms with E-state index in [4.69, 9.17) is 14.2 Å². The molecule has 0 amide bonds. The van der Waals surface area contributed by atoms with E-state index in [1.165, 1.54) is 0 Å². The van der Waals surface area contributed by atoms with Gasteiger partial charge in [0, 0.05) is 12.6 Å². The summed E-state index contributed by atoms with van der Waals surface area (Å²) in [5.74, 6) is 0.517. The molecule has 5 heteroatoms. The maximum atomic E-state index is 11.1. The molecule has 1 atom stereocenters. The van der Waals surface area contributed by atoms with Crippen LogP contribution in [0.5, 0.6) is 5.75 Å². The third-order valence-corrected chi connectivity index (χ3v) is 2.82. The van der Waals surface area contributed by atoms with Crippen molar-refractivity contribution in [2.24, 2.45) is 0 Å². The van der Waals surface area contributed by atoms with Crippen molar-refractivity contribution in [2.45, 2.75) is 19.9 Å². The first-order valence-corrected chi connectivity index (χ1v) is 6.78. The molecule has 0 fully saturated rings. The van der Waals surface area contributed by atoms with Crippen LogP contribution in [0.2, 0.25) is 0 Å². The van der Waals surface area contributed by atoms with E-state index < -0.39 is 0 Å². The summed E-state index contributed by atoms with van der Waals surface area (Å²) in [4.78, 5) is 11.1. The molecule has 1 rings (SSSR count). The molecule has 112 valence electrons. The van der Waals surface area contributed by atoms with Gasteiger partial charge in [-0.2, -0.15) is 0 Å². The third-order valence-electron chi connectivity index (χ3n) is 2.82. The zero-order valence-corrected chi connectivity index (χ0v) is 12.3. The number of carbonyl (C=O) groups excluding carboxylic acids is 1. The van der Waals surface area contributed by atoms with Gasteiger partial charge in [0.2, 0.25) is 0 Å². The molecular formula is C15H23NO4. The van der Waals surface area contributed by atoms with Gasteiger partial charge in [-0.05, 0) is 31.5 Å². The summed E-state index contributed by atoms with van der Waals surface area (Å²) in [7, 11) is 1.65. The van der Waals surface area contributed by atoms with E-state index in [1.807, 2.05) is 24.3 Å². The molecule has 0 radical (unpaired) electrons. The fraction of sp³-hybridized carbons (Fsp3) is 0.533. The van der Waals surface area contributed by atoms with Crippen LogP contribution < -0.4 is 10.1 Å². The predicted octanol–water partition coefficient (Wildman–Crippen LogP) is 1.93. The third kappa shape index (κ3) is 6.04. The standard InChI is InChI=1S/C15H23NO4/c1-4-20-15(17)11-19-9-8-16-12(2)13-6-5-7-14(10-13)18-3/h5-7,10,12,16H,4,8-9,11H2,1-3H3/t12-/m0/s1. The quantitative estimate of drug-likeness (QED) is 0.553. The predicted molar refractivity (Wildman–Crippen MR) is 76.9 cm³/mol. The summed E-state index contributed by atoms with van der Waals surface area (Å²) in [5.41, 5.74) is 1.15. The fourth-order valence-electron chi connectivity index (χ4n) is 1.73. The van der Waals surface area contributed by atoms with Gasteiger partial charge in [-0.3, -0.25) is 0 Å². The van der Waals surface area contributed by atoms with Gasteiger partial charge in [0.15, 0.2) is 0 Å². The highest BCUT2D eigenvalue weighted by Crippen LogP contribution is 2.18. The van der Waals surface area contributed by atoms with Crippen LogP contribution >= 0.6 is 0 Å². The molecule has 0 aliphatic carbocycles. The number of carbonyl (C=O) groups is 1. The Kier molecular flexibility index (Phi) is 7.69. The van der Waals surface area contributed by atoms with Gasteiger partial charge in [0.25, 0.3) is 0 Å². The van der Waals surface area contributed by atoms with E-state index in [2.05, 4.69) is 12.2 Å². The van der Waals surface area contributed by atoms with Crippen molar-refractivity contribution in [1.29, 1.82) is 0 Å². The fourth-order valence-corrected chi connectivity index (χ4v) is 1.73. The monoisotopic (exact) mass is 281 g/mol. The van der Waals surface area contributed by atoms with E-state index in [-0.39, 0.29) is 18.6 Å². The van der Waals surface area contributed by atoms with Crippen LogP contribution in [0, 0.1) is 0 Å². The van der Waals surface area contributed by atoms with Crippen LogP contribution in [0.1, 0.15) is 25.5 Å². The van der Waals surface area contributed by atoms with Gasteiger partial charge in [0.1, 0.15) is 12.4 Å². The SMILES string of the molecule is CCOC(=O)COCCN[C@@H](C)c1cccc(OC)c1.